The lowest BCUT2D eigenvalue weighted by Crippen LogP contribution is -2.39. The third-order valence-corrected chi connectivity index (χ3v) is 3.30. The maximum absolute atomic E-state index is 12.1. The summed E-state index contributed by atoms with van der Waals surface area (Å²) in [4.78, 5) is 41.8. The van der Waals surface area contributed by atoms with Crippen molar-refractivity contribution in [3.8, 4) is 0 Å². The van der Waals surface area contributed by atoms with Crippen LogP contribution in [0.25, 0.3) is 10.8 Å². The van der Waals surface area contributed by atoms with Crippen LogP contribution in [0.2, 0.25) is 0 Å². The van der Waals surface area contributed by atoms with E-state index in [1.807, 2.05) is 0 Å². The van der Waals surface area contributed by atoms with Gasteiger partial charge < -0.3 is 9.79 Å². The SMILES string of the molecule is O=C1c2cccc3cccc(c23)C(=O)N1OP(=O)(O)O. The third kappa shape index (κ3) is 1.93. The molecule has 0 spiro atoms. The van der Waals surface area contributed by atoms with Gasteiger partial charge in [0.25, 0.3) is 11.8 Å². The average molecular weight is 293 g/mol. The van der Waals surface area contributed by atoms with E-state index in [2.05, 4.69) is 4.62 Å². The number of rotatable bonds is 2. The van der Waals surface area contributed by atoms with Crippen molar-refractivity contribution >= 4 is 30.4 Å². The number of hydrogen-bond acceptors (Lipinski definition) is 4. The molecule has 0 aromatic heterocycles. The quantitative estimate of drug-likeness (QED) is 0.641. The van der Waals surface area contributed by atoms with E-state index in [0.29, 0.717) is 10.8 Å². The zero-order valence-electron chi connectivity index (χ0n) is 9.89. The Labute approximate surface area is 112 Å². The summed E-state index contributed by atoms with van der Waals surface area (Å²) in [5.41, 5.74) is 0.317. The molecule has 8 heteroatoms. The Balaban J connectivity index is 2.24. The summed E-state index contributed by atoms with van der Waals surface area (Å²) in [5.74, 6) is -1.80. The number of benzene rings is 2. The Morgan fingerprint density at radius 3 is 1.90 bits per heavy atom. The molecule has 0 unspecified atom stereocenters. The highest BCUT2D eigenvalue weighted by molar-refractivity contribution is 7.46. The fourth-order valence-electron chi connectivity index (χ4n) is 2.19. The fraction of sp³-hybridized carbons (Fsp3) is 0. The van der Waals surface area contributed by atoms with Gasteiger partial charge in [-0.1, -0.05) is 24.3 Å². The van der Waals surface area contributed by atoms with Crippen molar-refractivity contribution in [2.24, 2.45) is 0 Å². The van der Waals surface area contributed by atoms with E-state index in [1.54, 1.807) is 24.3 Å². The number of hydrogen-bond donors (Lipinski definition) is 2. The van der Waals surface area contributed by atoms with E-state index in [9.17, 15) is 14.2 Å². The second-order valence-corrected chi connectivity index (χ2v) is 5.33. The third-order valence-electron chi connectivity index (χ3n) is 2.92. The van der Waals surface area contributed by atoms with E-state index in [0.717, 1.165) is 0 Å². The molecule has 1 aliphatic heterocycles. The van der Waals surface area contributed by atoms with Gasteiger partial charge in [0.2, 0.25) is 0 Å². The molecule has 2 amide bonds. The first-order valence-electron chi connectivity index (χ1n) is 5.54. The van der Waals surface area contributed by atoms with Gasteiger partial charge in [0, 0.05) is 5.39 Å². The van der Waals surface area contributed by atoms with Crippen LogP contribution in [0, 0.1) is 0 Å². The van der Waals surface area contributed by atoms with Gasteiger partial charge in [0.15, 0.2) is 0 Å². The van der Waals surface area contributed by atoms with E-state index in [-0.39, 0.29) is 16.2 Å². The van der Waals surface area contributed by atoms with Gasteiger partial charge in [-0.15, -0.1) is 5.06 Å². The number of carbonyl (C=O) groups excluding carboxylic acids is 2. The molecule has 0 saturated carbocycles. The number of nitrogens with zero attached hydrogens (tertiary/aromatic N) is 1. The van der Waals surface area contributed by atoms with Crippen LogP contribution in [0.15, 0.2) is 36.4 Å². The Kier molecular flexibility index (Phi) is 2.74. The van der Waals surface area contributed by atoms with Crippen molar-refractivity contribution in [1.82, 2.24) is 5.06 Å². The number of amides is 2. The number of carbonyl (C=O) groups is 2. The summed E-state index contributed by atoms with van der Waals surface area (Å²) >= 11 is 0. The first-order chi connectivity index (χ1) is 9.38. The maximum Gasteiger partial charge on any atom is 0.491 e. The minimum Gasteiger partial charge on any atom is -0.301 e. The molecule has 0 bridgehead atoms. The molecular formula is C12H8NO6P. The lowest BCUT2D eigenvalue weighted by atomic mass is 9.95. The molecule has 0 fully saturated rings. The minimum absolute atomic E-state index is 0.109. The molecule has 1 aliphatic rings. The fourth-order valence-corrected chi connectivity index (χ4v) is 2.55. The molecular weight excluding hydrogens is 285 g/mol. The number of imide groups is 1. The normalized spacial score (nSPS) is 15.0. The van der Waals surface area contributed by atoms with Crippen LogP contribution < -0.4 is 0 Å². The van der Waals surface area contributed by atoms with Crippen LogP contribution >= 0.6 is 7.82 Å². The summed E-state index contributed by atoms with van der Waals surface area (Å²) in [5, 5.41) is 1.26. The first-order valence-corrected chi connectivity index (χ1v) is 7.07. The van der Waals surface area contributed by atoms with Gasteiger partial charge in [-0.2, -0.15) is 4.62 Å². The molecule has 0 saturated heterocycles. The van der Waals surface area contributed by atoms with Crippen LogP contribution in [0.3, 0.4) is 0 Å². The summed E-state index contributed by atoms with van der Waals surface area (Å²) in [6, 6.07) is 9.65. The zero-order chi connectivity index (χ0) is 14.5. The maximum atomic E-state index is 12.1. The molecule has 3 rings (SSSR count). The smallest absolute Gasteiger partial charge is 0.301 e. The van der Waals surface area contributed by atoms with Crippen LogP contribution in [0.5, 0.6) is 0 Å². The predicted octanol–water partition coefficient (Wildman–Crippen LogP) is 1.46. The summed E-state index contributed by atoms with van der Waals surface area (Å²) in [6.45, 7) is 0. The van der Waals surface area contributed by atoms with Gasteiger partial charge in [0.05, 0.1) is 11.1 Å². The molecule has 1 heterocycles. The molecule has 0 radical (unpaired) electrons. The van der Waals surface area contributed by atoms with Crippen molar-refractivity contribution in [2.75, 3.05) is 0 Å². The molecule has 2 N–H and O–H groups in total. The summed E-state index contributed by atoms with van der Waals surface area (Å²) in [7, 11) is -5.01. The summed E-state index contributed by atoms with van der Waals surface area (Å²) < 4.78 is 15.1. The molecule has 2 aromatic rings. The predicted molar refractivity (Wildman–Crippen MR) is 67.6 cm³/mol. The van der Waals surface area contributed by atoms with Crippen molar-refractivity contribution in [3.63, 3.8) is 0 Å². The lowest BCUT2D eigenvalue weighted by Gasteiger charge is -2.25. The van der Waals surface area contributed by atoms with Gasteiger partial charge in [-0.05, 0) is 17.5 Å². The average Bonchev–Trinajstić information content (AvgIpc) is 2.39. The molecule has 7 nitrogen and oxygen atoms in total. The Bertz CT molecular complexity index is 745. The van der Waals surface area contributed by atoms with Crippen molar-refractivity contribution < 1.29 is 28.6 Å². The first kappa shape index (κ1) is 13.0. The molecule has 2 aromatic carbocycles. The lowest BCUT2D eigenvalue weighted by molar-refractivity contribution is -0.0357. The van der Waals surface area contributed by atoms with Crippen molar-refractivity contribution in [2.45, 2.75) is 0 Å². The standard InChI is InChI=1S/C12H8NO6P/c14-11-8-5-1-3-7-4-2-6-9(10(7)8)12(15)13(11)19-20(16,17)18/h1-6H,(H2,16,17,18). The number of hydroxylamine groups is 2. The van der Waals surface area contributed by atoms with Crippen molar-refractivity contribution in [1.29, 1.82) is 0 Å². The Morgan fingerprint density at radius 1 is 0.950 bits per heavy atom. The van der Waals surface area contributed by atoms with Crippen LogP contribution in [-0.2, 0) is 9.19 Å². The van der Waals surface area contributed by atoms with Gasteiger partial charge >= 0.3 is 7.82 Å². The summed E-state index contributed by atoms with van der Waals surface area (Å²) in [6.07, 6.45) is 0. The zero-order valence-corrected chi connectivity index (χ0v) is 10.8. The van der Waals surface area contributed by atoms with E-state index >= 15 is 0 Å². The second kappa shape index (κ2) is 4.22. The number of phosphoric acid groups is 1. The molecule has 0 aliphatic carbocycles. The topological polar surface area (TPSA) is 104 Å². The van der Waals surface area contributed by atoms with Gasteiger partial charge in [-0.3, -0.25) is 9.59 Å². The van der Waals surface area contributed by atoms with E-state index in [1.165, 1.54) is 12.1 Å². The van der Waals surface area contributed by atoms with Crippen LogP contribution in [-0.4, -0.2) is 26.7 Å². The Hall–Kier alpha value is -2.05. The van der Waals surface area contributed by atoms with Crippen molar-refractivity contribution in [3.05, 3.63) is 47.5 Å². The highest BCUT2D eigenvalue weighted by Crippen LogP contribution is 2.40. The molecule has 0 atom stereocenters. The van der Waals surface area contributed by atoms with Gasteiger partial charge in [-0.25, -0.2) is 4.57 Å². The highest BCUT2D eigenvalue weighted by atomic mass is 31.2. The molecule has 102 valence electrons. The largest absolute Gasteiger partial charge is 0.491 e. The Morgan fingerprint density at radius 2 is 1.45 bits per heavy atom. The minimum atomic E-state index is -5.01. The van der Waals surface area contributed by atoms with Gasteiger partial charge in [0.1, 0.15) is 0 Å². The monoisotopic (exact) mass is 293 g/mol. The second-order valence-electron chi connectivity index (χ2n) is 4.19. The van der Waals surface area contributed by atoms with Crippen LogP contribution in [0.4, 0.5) is 0 Å². The van der Waals surface area contributed by atoms with Crippen LogP contribution in [0.1, 0.15) is 20.7 Å². The van der Waals surface area contributed by atoms with E-state index < -0.39 is 19.6 Å². The molecule has 20 heavy (non-hydrogen) atoms. The highest BCUT2D eigenvalue weighted by Gasteiger charge is 2.37. The van der Waals surface area contributed by atoms with E-state index in [4.69, 9.17) is 9.79 Å².